The van der Waals surface area contributed by atoms with Gasteiger partial charge in [0.25, 0.3) is 0 Å². The van der Waals surface area contributed by atoms with E-state index in [0.717, 1.165) is 12.8 Å². The Hall–Kier alpha value is -0.610. The Bertz CT molecular complexity index is 238. The average Bonchev–Trinajstić information content (AvgIpc) is 2.97. The summed E-state index contributed by atoms with van der Waals surface area (Å²) in [6.45, 7) is 3.69. The third-order valence-corrected chi connectivity index (χ3v) is 3.22. The highest BCUT2D eigenvalue weighted by Crippen LogP contribution is 2.46. The van der Waals surface area contributed by atoms with Gasteiger partial charge < -0.3 is 14.7 Å². The van der Waals surface area contributed by atoms with Gasteiger partial charge in [0.05, 0.1) is 25.9 Å². The van der Waals surface area contributed by atoms with E-state index in [1.807, 2.05) is 6.92 Å². The number of hydrogen-bond donors (Lipinski definition) is 1. The number of aliphatic hydroxyl groups is 1. The van der Waals surface area contributed by atoms with Crippen LogP contribution in [-0.4, -0.2) is 48.3 Å². The van der Waals surface area contributed by atoms with E-state index < -0.39 is 0 Å². The van der Waals surface area contributed by atoms with Crippen molar-refractivity contribution in [3.05, 3.63) is 0 Å². The second-order valence-corrected chi connectivity index (χ2v) is 4.47. The average molecular weight is 199 g/mol. The second-order valence-electron chi connectivity index (χ2n) is 4.47. The van der Waals surface area contributed by atoms with E-state index >= 15 is 0 Å². The number of rotatable bonds is 2. The predicted octanol–water partition coefficient (Wildman–Crippen LogP) is 0.00620. The quantitative estimate of drug-likeness (QED) is 0.681. The second kappa shape index (κ2) is 3.51. The number of ether oxygens (including phenoxy) is 1. The van der Waals surface area contributed by atoms with Crippen LogP contribution >= 0.6 is 0 Å². The van der Waals surface area contributed by atoms with Gasteiger partial charge in [0.15, 0.2) is 0 Å². The van der Waals surface area contributed by atoms with Crippen molar-refractivity contribution in [2.24, 2.45) is 5.41 Å². The third kappa shape index (κ3) is 1.64. The molecule has 1 aliphatic heterocycles. The number of carbonyl (C=O) groups is 1. The van der Waals surface area contributed by atoms with Gasteiger partial charge in [-0.25, -0.2) is 0 Å². The molecule has 0 radical (unpaired) electrons. The maximum absolute atomic E-state index is 12.0. The zero-order chi connectivity index (χ0) is 10.2. The minimum absolute atomic E-state index is 0.00181. The molecule has 1 unspecified atom stereocenters. The standard InChI is InChI=1S/C10H17NO3/c1-10(2-3-10)9(13)11-4-5-14-7-8(11)6-12/h8,12H,2-7H2,1H3. The van der Waals surface area contributed by atoms with Gasteiger partial charge in [-0.3, -0.25) is 4.79 Å². The van der Waals surface area contributed by atoms with E-state index in [2.05, 4.69) is 0 Å². The molecular formula is C10H17NO3. The van der Waals surface area contributed by atoms with Crippen LogP contribution in [0.15, 0.2) is 0 Å². The fourth-order valence-electron chi connectivity index (χ4n) is 1.82. The first-order chi connectivity index (χ1) is 6.67. The predicted molar refractivity (Wildman–Crippen MR) is 50.7 cm³/mol. The summed E-state index contributed by atoms with van der Waals surface area (Å²) in [5.41, 5.74) is -0.134. The van der Waals surface area contributed by atoms with E-state index in [0.29, 0.717) is 19.8 Å². The molecule has 4 nitrogen and oxygen atoms in total. The molecule has 2 aliphatic rings. The van der Waals surface area contributed by atoms with Crippen molar-refractivity contribution in [1.82, 2.24) is 4.90 Å². The lowest BCUT2D eigenvalue weighted by atomic mass is 10.1. The van der Waals surface area contributed by atoms with Gasteiger partial charge in [-0.15, -0.1) is 0 Å². The van der Waals surface area contributed by atoms with Crippen molar-refractivity contribution >= 4 is 5.91 Å². The molecule has 1 atom stereocenters. The van der Waals surface area contributed by atoms with E-state index in [1.54, 1.807) is 4.90 Å². The molecule has 4 heteroatoms. The van der Waals surface area contributed by atoms with Gasteiger partial charge in [0.1, 0.15) is 0 Å². The molecular weight excluding hydrogens is 182 g/mol. The van der Waals surface area contributed by atoms with Gasteiger partial charge in [-0.1, -0.05) is 6.92 Å². The van der Waals surface area contributed by atoms with Crippen LogP contribution < -0.4 is 0 Å². The number of nitrogens with zero attached hydrogens (tertiary/aromatic N) is 1. The molecule has 80 valence electrons. The molecule has 2 fully saturated rings. The molecule has 0 bridgehead atoms. The zero-order valence-electron chi connectivity index (χ0n) is 8.53. The molecule has 1 saturated heterocycles. The monoisotopic (exact) mass is 199 g/mol. The summed E-state index contributed by atoms with van der Waals surface area (Å²) in [6, 6.07) is -0.131. The molecule has 0 spiro atoms. The Balaban J connectivity index is 2.03. The van der Waals surface area contributed by atoms with Crippen molar-refractivity contribution in [1.29, 1.82) is 0 Å². The van der Waals surface area contributed by atoms with Crippen LogP contribution in [0.3, 0.4) is 0 Å². The summed E-state index contributed by atoms with van der Waals surface area (Å²) < 4.78 is 5.23. The van der Waals surface area contributed by atoms with Gasteiger partial charge in [0, 0.05) is 12.0 Å². The fourth-order valence-corrected chi connectivity index (χ4v) is 1.82. The van der Waals surface area contributed by atoms with Crippen molar-refractivity contribution in [3.8, 4) is 0 Å². The van der Waals surface area contributed by atoms with Crippen molar-refractivity contribution < 1.29 is 14.6 Å². The van der Waals surface area contributed by atoms with Crippen LogP contribution in [-0.2, 0) is 9.53 Å². The maximum atomic E-state index is 12.0. The number of hydrogen-bond acceptors (Lipinski definition) is 3. The highest BCUT2D eigenvalue weighted by Gasteiger charge is 2.48. The SMILES string of the molecule is CC1(C(=O)N2CCOCC2CO)CC1. The first-order valence-electron chi connectivity index (χ1n) is 5.17. The van der Waals surface area contributed by atoms with E-state index in [4.69, 9.17) is 9.84 Å². The molecule has 1 aliphatic carbocycles. The summed E-state index contributed by atoms with van der Waals surface area (Å²) >= 11 is 0. The summed E-state index contributed by atoms with van der Waals surface area (Å²) in [4.78, 5) is 13.8. The van der Waals surface area contributed by atoms with Crippen molar-refractivity contribution in [2.75, 3.05) is 26.4 Å². The molecule has 2 rings (SSSR count). The first kappa shape index (κ1) is 9.93. The minimum atomic E-state index is -0.134. The fraction of sp³-hybridized carbons (Fsp3) is 0.900. The van der Waals surface area contributed by atoms with E-state index in [-0.39, 0.29) is 24.0 Å². The van der Waals surface area contributed by atoms with Crippen LogP contribution in [0.25, 0.3) is 0 Å². The van der Waals surface area contributed by atoms with Crippen molar-refractivity contribution in [2.45, 2.75) is 25.8 Å². The van der Waals surface area contributed by atoms with Gasteiger partial charge in [0.2, 0.25) is 5.91 Å². The third-order valence-electron chi connectivity index (χ3n) is 3.22. The Morgan fingerprint density at radius 1 is 1.64 bits per heavy atom. The van der Waals surface area contributed by atoms with E-state index in [1.165, 1.54) is 0 Å². The molecule has 0 aromatic heterocycles. The van der Waals surface area contributed by atoms with Crippen LogP contribution in [0.4, 0.5) is 0 Å². The van der Waals surface area contributed by atoms with Crippen LogP contribution in [0, 0.1) is 5.41 Å². The number of carbonyl (C=O) groups excluding carboxylic acids is 1. The Morgan fingerprint density at radius 3 is 2.93 bits per heavy atom. The summed E-state index contributed by atoms with van der Waals surface area (Å²) in [7, 11) is 0. The minimum Gasteiger partial charge on any atom is -0.394 e. The zero-order valence-corrected chi connectivity index (χ0v) is 8.53. The lowest BCUT2D eigenvalue weighted by molar-refractivity contribution is -0.146. The Kier molecular flexibility index (Phi) is 2.49. The van der Waals surface area contributed by atoms with E-state index in [9.17, 15) is 4.79 Å². The highest BCUT2D eigenvalue weighted by atomic mass is 16.5. The maximum Gasteiger partial charge on any atom is 0.228 e. The number of amides is 1. The van der Waals surface area contributed by atoms with Crippen LogP contribution in [0.5, 0.6) is 0 Å². The molecule has 0 aromatic rings. The first-order valence-corrected chi connectivity index (χ1v) is 5.17. The number of aliphatic hydroxyl groups excluding tert-OH is 1. The highest BCUT2D eigenvalue weighted by molar-refractivity contribution is 5.85. The smallest absolute Gasteiger partial charge is 0.228 e. The summed E-state index contributed by atoms with van der Waals surface area (Å²) in [6.07, 6.45) is 1.97. The lowest BCUT2D eigenvalue weighted by Gasteiger charge is -2.36. The molecule has 0 aromatic carbocycles. The van der Waals surface area contributed by atoms with Crippen LogP contribution in [0.2, 0.25) is 0 Å². The Morgan fingerprint density at radius 2 is 2.36 bits per heavy atom. The number of morpholine rings is 1. The molecule has 1 N–H and O–H groups in total. The summed E-state index contributed by atoms with van der Waals surface area (Å²) in [5.74, 6) is 0.194. The van der Waals surface area contributed by atoms with Crippen LogP contribution in [0.1, 0.15) is 19.8 Å². The topological polar surface area (TPSA) is 49.8 Å². The Labute approximate surface area is 83.8 Å². The van der Waals surface area contributed by atoms with Crippen molar-refractivity contribution in [3.63, 3.8) is 0 Å². The normalized spacial score (nSPS) is 30.1. The van der Waals surface area contributed by atoms with Gasteiger partial charge in [-0.05, 0) is 12.8 Å². The van der Waals surface area contributed by atoms with Gasteiger partial charge >= 0.3 is 0 Å². The lowest BCUT2D eigenvalue weighted by Crippen LogP contribution is -2.52. The molecule has 14 heavy (non-hydrogen) atoms. The molecule has 1 heterocycles. The largest absolute Gasteiger partial charge is 0.394 e. The molecule has 1 saturated carbocycles. The molecule has 1 amide bonds. The summed E-state index contributed by atoms with van der Waals surface area (Å²) in [5, 5.41) is 9.12. The van der Waals surface area contributed by atoms with Gasteiger partial charge in [-0.2, -0.15) is 0 Å².